The van der Waals surface area contributed by atoms with Gasteiger partial charge in [0, 0.05) is 6.42 Å². The van der Waals surface area contributed by atoms with E-state index < -0.39 is 17.1 Å². The fourth-order valence-electron chi connectivity index (χ4n) is 2.07. The lowest BCUT2D eigenvalue weighted by molar-refractivity contribution is -0.124. The molecule has 2 N–H and O–H groups in total. The summed E-state index contributed by atoms with van der Waals surface area (Å²) in [6.07, 6.45) is 0.208. The fourth-order valence-corrected chi connectivity index (χ4v) is 2.36. The van der Waals surface area contributed by atoms with Gasteiger partial charge < -0.3 is 10.4 Å². The predicted molar refractivity (Wildman–Crippen MR) is 70.3 cm³/mol. The second kappa shape index (κ2) is 6.02. The molecule has 0 radical (unpaired) electrons. The maximum Gasteiger partial charge on any atom is 0.221 e. The average molecular weight is 278 g/mol. The fraction of sp³-hybridized carbons (Fsp3) is 0.769. The highest BCUT2D eigenvalue weighted by Gasteiger charge is 2.34. The van der Waals surface area contributed by atoms with Crippen molar-refractivity contribution in [3.63, 3.8) is 0 Å². The first-order chi connectivity index (χ1) is 8.26. The highest BCUT2D eigenvalue weighted by Crippen LogP contribution is 2.35. The Hall–Kier alpha value is -0.610. The van der Waals surface area contributed by atoms with E-state index in [2.05, 4.69) is 11.9 Å². The smallest absolute Gasteiger partial charge is 0.221 e. The van der Waals surface area contributed by atoms with Crippen LogP contribution in [0.5, 0.6) is 0 Å². The van der Waals surface area contributed by atoms with E-state index in [1.807, 2.05) is 0 Å². The Morgan fingerprint density at radius 3 is 2.78 bits per heavy atom. The summed E-state index contributed by atoms with van der Waals surface area (Å²) in [5.41, 5.74) is -0.241. The van der Waals surface area contributed by atoms with Crippen LogP contribution in [0, 0.1) is 5.92 Å². The molecule has 0 aromatic carbocycles. The van der Waals surface area contributed by atoms with Crippen LogP contribution in [-0.2, 0) is 4.79 Å². The molecule has 3 nitrogen and oxygen atoms in total. The Morgan fingerprint density at radius 1 is 1.61 bits per heavy atom. The maximum absolute atomic E-state index is 13.7. The van der Waals surface area contributed by atoms with Gasteiger partial charge in [-0.3, -0.25) is 4.79 Å². The van der Waals surface area contributed by atoms with Gasteiger partial charge in [-0.05, 0) is 38.2 Å². The Morgan fingerprint density at radius 2 is 2.22 bits per heavy atom. The van der Waals surface area contributed by atoms with Crippen molar-refractivity contribution in [2.45, 2.75) is 50.2 Å². The van der Waals surface area contributed by atoms with Gasteiger partial charge in [0.05, 0.1) is 17.5 Å². The zero-order valence-corrected chi connectivity index (χ0v) is 11.6. The standard InChI is InChI=1S/C13H21ClFNO2/c1-8-9(4-5-10(14)12(8)15)6-11(18)16-13(2,3)7-17/h9-10,12,17H,1,4-7H2,2-3H3,(H,16,18). The number of aliphatic hydroxyl groups excluding tert-OH is 1. The molecule has 0 aromatic heterocycles. The van der Waals surface area contributed by atoms with Crippen molar-refractivity contribution < 1.29 is 14.3 Å². The Balaban J connectivity index is 2.53. The summed E-state index contributed by atoms with van der Waals surface area (Å²) in [6, 6.07) is 0. The topological polar surface area (TPSA) is 49.3 Å². The quantitative estimate of drug-likeness (QED) is 0.611. The molecule has 0 aromatic rings. The summed E-state index contributed by atoms with van der Waals surface area (Å²) in [4.78, 5) is 11.8. The third kappa shape index (κ3) is 3.95. The third-order valence-corrected chi connectivity index (χ3v) is 3.73. The van der Waals surface area contributed by atoms with Crippen molar-refractivity contribution in [2.75, 3.05) is 6.61 Å². The number of carbonyl (C=O) groups is 1. The number of hydrogen-bond donors (Lipinski definition) is 2. The lowest BCUT2D eigenvalue weighted by Gasteiger charge is -2.31. The van der Waals surface area contributed by atoms with Gasteiger partial charge in [-0.25, -0.2) is 4.39 Å². The van der Waals surface area contributed by atoms with Gasteiger partial charge in [0.2, 0.25) is 5.91 Å². The molecule has 5 heteroatoms. The first kappa shape index (κ1) is 15.4. The van der Waals surface area contributed by atoms with Gasteiger partial charge in [0.15, 0.2) is 0 Å². The van der Waals surface area contributed by atoms with Crippen LogP contribution in [0.2, 0.25) is 0 Å². The molecule has 1 fully saturated rings. The molecule has 1 rings (SSSR count). The van der Waals surface area contributed by atoms with Crippen LogP contribution in [0.15, 0.2) is 12.2 Å². The molecule has 0 saturated heterocycles. The average Bonchev–Trinajstić information content (AvgIpc) is 2.29. The van der Waals surface area contributed by atoms with E-state index in [1.165, 1.54) is 0 Å². The van der Waals surface area contributed by atoms with Crippen LogP contribution < -0.4 is 5.32 Å². The van der Waals surface area contributed by atoms with Crippen LogP contribution in [0.4, 0.5) is 4.39 Å². The maximum atomic E-state index is 13.7. The molecular formula is C13H21ClFNO2. The second-order valence-corrected chi connectivity index (χ2v) is 6.12. The minimum atomic E-state index is -1.23. The number of aliphatic hydroxyl groups is 1. The number of alkyl halides is 2. The van der Waals surface area contributed by atoms with Crippen molar-refractivity contribution in [1.29, 1.82) is 0 Å². The van der Waals surface area contributed by atoms with Crippen molar-refractivity contribution in [2.24, 2.45) is 5.92 Å². The molecule has 3 atom stereocenters. The SMILES string of the molecule is C=C1C(CC(=O)NC(C)(C)CO)CCC(Cl)C1F. The lowest BCUT2D eigenvalue weighted by atomic mass is 9.81. The molecule has 1 amide bonds. The predicted octanol–water partition coefficient (Wildman–Crippen LogP) is 2.18. The van der Waals surface area contributed by atoms with E-state index in [0.717, 1.165) is 0 Å². The highest BCUT2D eigenvalue weighted by molar-refractivity contribution is 6.21. The normalized spacial score (nSPS) is 29.2. The second-order valence-electron chi connectivity index (χ2n) is 5.56. The number of nitrogens with one attached hydrogen (secondary N) is 1. The third-order valence-electron chi connectivity index (χ3n) is 3.29. The number of amides is 1. The van der Waals surface area contributed by atoms with Crippen molar-refractivity contribution in [3.8, 4) is 0 Å². The molecule has 1 aliphatic carbocycles. The molecule has 1 saturated carbocycles. The number of rotatable bonds is 4. The largest absolute Gasteiger partial charge is 0.394 e. The van der Waals surface area contributed by atoms with Gasteiger partial charge in [0.1, 0.15) is 6.17 Å². The van der Waals surface area contributed by atoms with E-state index in [-0.39, 0.29) is 24.9 Å². The van der Waals surface area contributed by atoms with E-state index in [0.29, 0.717) is 18.4 Å². The van der Waals surface area contributed by atoms with E-state index in [9.17, 15) is 9.18 Å². The number of allylic oxidation sites excluding steroid dienone is 1. The summed E-state index contributed by atoms with van der Waals surface area (Å²) in [5.74, 6) is -0.357. The van der Waals surface area contributed by atoms with Crippen LogP contribution in [0.1, 0.15) is 33.1 Å². The molecule has 1 aliphatic rings. The molecule has 0 aliphatic heterocycles. The van der Waals surface area contributed by atoms with E-state index >= 15 is 0 Å². The lowest BCUT2D eigenvalue weighted by Crippen LogP contribution is -2.47. The summed E-state index contributed by atoms with van der Waals surface area (Å²) in [6.45, 7) is 7.03. The summed E-state index contributed by atoms with van der Waals surface area (Å²) >= 11 is 5.82. The summed E-state index contributed by atoms with van der Waals surface area (Å²) < 4.78 is 13.7. The molecule has 0 bridgehead atoms. The van der Waals surface area contributed by atoms with Crippen molar-refractivity contribution in [3.05, 3.63) is 12.2 Å². The van der Waals surface area contributed by atoms with Gasteiger partial charge in [-0.2, -0.15) is 0 Å². The molecular weight excluding hydrogens is 257 g/mol. The van der Waals surface area contributed by atoms with E-state index in [1.54, 1.807) is 13.8 Å². The van der Waals surface area contributed by atoms with Gasteiger partial charge in [0.25, 0.3) is 0 Å². The van der Waals surface area contributed by atoms with Crippen LogP contribution in [-0.4, -0.2) is 34.7 Å². The summed E-state index contributed by atoms with van der Waals surface area (Å²) in [7, 11) is 0. The first-order valence-corrected chi connectivity index (χ1v) is 6.59. The van der Waals surface area contributed by atoms with Crippen LogP contribution in [0.25, 0.3) is 0 Å². The molecule has 0 heterocycles. The van der Waals surface area contributed by atoms with Gasteiger partial charge >= 0.3 is 0 Å². The van der Waals surface area contributed by atoms with Gasteiger partial charge in [-0.15, -0.1) is 11.6 Å². The molecule has 104 valence electrons. The van der Waals surface area contributed by atoms with E-state index in [4.69, 9.17) is 16.7 Å². The highest BCUT2D eigenvalue weighted by atomic mass is 35.5. The minimum Gasteiger partial charge on any atom is -0.394 e. The van der Waals surface area contributed by atoms with Crippen molar-refractivity contribution in [1.82, 2.24) is 5.32 Å². The van der Waals surface area contributed by atoms with Crippen LogP contribution >= 0.6 is 11.6 Å². The summed E-state index contributed by atoms with van der Waals surface area (Å²) in [5, 5.41) is 11.3. The number of carbonyl (C=O) groups excluding carboxylic acids is 1. The van der Waals surface area contributed by atoms with Gasteiger partial charge in [-0.1, -0.05) is 6.58 Å². The monoisotopic (exact) mass is 277 g/mol. The Bertz CT molecular complexity index is 333. The van der Waals surface area contributed by atoms with Crippen molar-refractivity contribution >= 4 is 17.5 Å². The van der Waals surface area contributed by atoms with Crippen LogP contribution in [0.3, 0.4) is 0 Å². The number of hydrogen-bond acceptors (Lipinski definition) is 2. The number of halogens is 2. The Kier molecular flexibility index (Phi) is 5.17. The first-order valence-electron chi connectivity index (χ1n) is 6.15. The zero-order chi connectivity index (χ0) is 13.9. The molecule has 18 heavy (non-hydrogen) atoms. The minimum absolute atomic E-state index is 0.139. The molecule has 0 spiro atoms. The Labute approximate surface area is 112 Å². The molecule has 3 unspecified atom stereocenters. The zero-order valence-electron chi connectivity index (χ0n) is 10.9.